The Bertz CT molecular complexity index is 1000. The van der Waals surface area contributed by atoms with Crippen LogP contribution in [0.4, 0.5) is 0 Å². The maximum Gasteiger partial charge on any atom is 0.336 e. The van der Waals surface area contributed by atoms with Crippen LogP contribution in [-0.4, -0.2) is 23.4 Å². The number of allylic oxidation sites excluding steroid dienone is 1. The van der Waals surface area contributed by atoms with Crippen LogP contribution in [0.15, 0.2) is 72.5 Å². The van der Waals surface area contributed by atoms with Gasteiger partial charge in [-0.2, -0.15) is 0 Å². The van der Waals surface area contributed by atoms with E-state index in [9.17, 15) is 9.59 Å². The number of rotatable bonds is 7. The normalized spacial score (nSPS) is 16.6. The second-order valence-corrected chi connectivity index (χ2v) is 8.37. The number of amides is 1. The van der Waals surface area contributed by atoms with E-state index in [4.69, 9.17) is 4.74 Å². The van der Waals surface area contributed by atoms with Crippen LogP contribution in [0.2, 0.25) is 0 Å². The fourth-order valence-corrected chi connectivity index (χ4v) is 4.04. The van der Waals surface area contributed by atoms with Gasteiger partial charge in [0.15, 0.2) is 0 Å². The van der Waals surface area contributed by atoms with Gasteiger partial charge in [-0.15, -0.1) is 0 Å². The van der Waals surface area contributed by atoms with Gasteiger partial charge < -0.3 is 9.64 Å². The summed E-state index contributed by atoms with van der Waals surface area (Å²) in [6.07, 6.45) is 1.79. The van der Waals surface area contributed by atoms with E-state index in [1.165, 1.54) is 5.56 Å². The van der Waals surface area contributed by atoms with E-state index in [1.54, 1.807) is 11.0 Å². The minimum absolute atomic E-state index is 0.0129. The van der Waals surface area contributed by atoms with Crippen LogP contribution >= 0.6 is 0 Å². The first-order valence-corrected chi connectivity index (χ1v) is 10.8. The molecule has 0 spiro atoms. The molecule has 1 atom stereocenters. The lowest BCUT2D eigenvalue weighted by Crippen LogP contribution is -2.38. The quantitative estimate of drug-likeness (QED) is 0.433. The Labute approximate surface area is 185 Å². The Hall–Kier alpha value is -3.14. The molecule has 2 aromatic carbocycles. The average Bonchev–Trinajstić information content (AvgIpc) is 2.75. The first-order chi connectivity index (χ1) is 14.8. The molecule has 0 aromatic heterocycles. The third kappa shape index (κ3) is 4.96. The monoisotopic (exact) mass is 417 g/mol. The van der Waals surface area contributed by atoms with Crippen molar-refractivity contribution in [2.75, 3.05) is 6.61 Å². The van der Waals surface area contributed by atoms with Gasteiger partial charge in [0.25, 0.3) is 0 Å². The summed E-state index contributed by atoms with van der Waals surface area (Å²) in [7, 11) is 0. The molecular weight excluding hydrogens is 386 g/mol. The van der Waals surface area contributed by atoms with E-state index < -0.39 is 5.97 Å². The second-order valence-electron chi connectivity index (χ2n) is 8.37. The van der Waals surface area contributed by atoms with Crippen molar-refractivity contribution in [3.05, 3.63) is 94.7 Å². The van der Waals surface area contributed by atoms with Crippen LogP contribution in [0.25, 0.3) is 0 Å². The van der Waals surface area contributed by atoms with Gasteiger partial charge >= 0.3 is 5.97 Å². The van der Waals surface area contributed by atoms with Crippen molar-refractivity contribution in [1.29, 1.82) is 0 Å². The van der Waals surface area contributed by atoms with E-state index in [0.29, 0.717) is 23.7 Å². The van der Waals surface area contributed by atoms with E-state index in [0.717, 1.165) is 16.7 Å². The molecule has 1 unspecified atom stereocenters. The molecule has 0 saturated carbocycles. The first-order valence-electron chi connectivity index (χ1n) is 10.8. The lowest BCUT2D eigenvalue weighted by Gasteiger charge is -2.35. The number of hydrogen-bond acceptors (Lipinski definition) is 3. The molecule has 0 bridgehead atoms. The topological polar surface area (TPSA) is 46.6 Å². The highest BCUT2D eigenvalue weighted by Crippen LogP contribution is 2.38. The number of carbonyl (C=O) groups is 2. The molecule has 0 fully saturated rings. The fourth-order valence-electron chi connectivity index (χ4n) is 4.04. The number of aryl methyl sites for hydroxylation is 1. The van der Waals surface area contributed by atoms with Crippen molar-refractivity contribution < 1.29 is 14.3 Å². The molecule has 4 heteroatoms. The number of nitrogens with zero attached hydrogens (tertiary/aromatic N) is 1. The molecule has 2 aromatic rings. The molecule has 0 aliphatic carbocycles. The predicted molar refractivity (Wildman–Crippen MR) is 123 cm³/mol. The number of carbonyl (C=O) groups excluding carboxylic acids is 2. The first kappa shape index (κ1) is 22.5. The summed E-state index contributed by atoms with van der Waals surface area (Å²) in [6, 6.07) is 16.2. The highest BCUT2D eigenvalue weighted by Gasteiger charge is 2.37. The zero-order chi connectivity index (χ0) is 22.5. The maximum atomic E-state index is 13.2. The Morgan fingerprint density at radius 1 is 1.16 bits per heavy atom. The van der Waals surface area contributed by atoms with Crippen LogP contribution < -0.4 is 0 Å². The largest absolute Gasteiger partial charge is 0.458 e. The standard InChI is InChI=1S/C27H31NO3/c1-6-15-31-27(30)26-20(5)28(17-23-10-8-7-9-19(23)4)25(29)16-24(26)22-13-11-21(12-14-22)18(2)3/h6-14,18,24H,1,15-17H2,2-5H3. The van der Waals surface area contributed by atoms with Gasteiger partial charge in [-0.25, -0.2) is 4.79 Å². The molecule has 1 aliphatic rings. The lowest BCUT2D eigenvalue weighted by molar-refractivity contribution is -0.139. The predicted octanol–water partition coefficient (Wildman–Crippen LogP) is 5.64. The summed E-state index contributed by atoms with van der Waals surface area (Å²) in [6.45, 7) is 12.4. The van der Waals surface area contributed by atoms with E-state index >= 15 is 0 Å². The van der Waals surface area contributed by atoms with Crippen molar-refractivity contribution in [2.45, 2.75) is 52.5 Å². The van der Waals surface area contributed by atoms with Crippen LogP contribution in [0.1, 0.15) is 61.3 Å². The lowest BCUT2D eigenvalue weighted by atomic mass is 9.83. The van der Waals surface area contributed by atoms with Crippen LogP contribution in [0, 0.1) is 6.92 Å². The molecule has 1 aliphatic heterocycles. The second kappa shape index (κ2) is 9.78. The van der Waals surface area contributed by atoms with Gasteiger partial charge in [0.2, 0.25) is 5.91 Å². The van der Waals surface area contributed by atoms with Gasteiger partial charge in [-0.3, -0.25) is 4.79 Å². The van der Waals surface area contributed by atoms with Gasteiger partial charge in [0, 0.05) is 18.0 Å². The highest BCUT2D eigenvalue weighted by molar-refractivity contribution is 5.96. The Balaban J connectivity index is 2.02. The summed E-state index contributed by atoms with van der Waals surface area (Å²) >= 11 is 0. The molecule has 1 heterocycles. The smallest absolute Gasteiger partial charge is 0.336 e. The van der Waals surface area contributed by atoms with Crippen LogP contribution in [-0.2, 0) is 20.9 Å². The molecule has 1 amide bonds. The molecule has 31 heavy (non-hydrogen) atoms. The summed E-state index contributed by atoms with van der Waals surface area (Å²) < 4.78 is 5.42. The summed E-state index contributed by atoms with van der Waals surface area (Å²) in [5.41, 5.74) is 5.57. The van der Waals surface area contributed by atoms with Crippen molar-refractivity contribution in [3.63, 3.8) is 0 Å². The molecule has 162 valence electrons. The van der Waals surface area contributed by atoms with E-state index in [2.05, 4.69) is 32.6 Å². The molecule has 3 rings (SSSR count). The summed E-state index contributed by atoms with van der Waals surface area (Å²) in [4.78, 5) is 27.9. The highest BCUT2D eigenvalue weighted by atomic mass is 16.5. The molecular formula is C27H31NO3. The zero-order valence-electron chi connectivity index (χ0n) is 18.9. The van der Waals surface area contributed by atoms with Crippen LogP contribution in [0.3, 0.4) is 0 Å². The third-order valence-electron chi connectivity index (χ3n) is 5.97. The third-order valence-corrected chi connectivity index (χ3v) is 5.97. The Morgan fingerprint density at radius 3 is 2.45 bits per heavy atom. The fraction of sp³-hybridized carbons (Fsp3) is 0.333. The van der Waals surface area contributed by atoms with E-state index in [-0.39, 0.29) is 24.9 Å². The zero-order valence-corrected chi connectivity index (χ0v) is 18.9. The minimum atomic E-state index is -0.391. The summed E-state index contributed by atoms with van der Waals surface area (Å²) in [5.74, 6) is -0.281. The van der Waals surface area contributed by atoms with Gasteiger partial charge in [0.1, 0.15) is 6.61 Å². The van der Waals surface area contributed by atoms with Gasteiger partial charge in [-0.05, 0) is 42.0 Å². The van der Waals surface area contributed by atoms with Crippen molar-refractivity contribution in [2.24, 2.45) is 0 Å². The molecule has 0 radical (unpaired) electrons. The maximum absolute atomic E-state index is 13.2. The van der Waals surface area contributed by atoms with Crippen molar-refractivity contribution in [1.82, 2.24) is 4.90 Å². The van der Waals surface area contributed by atoms with E-state index in [1.807, 2.05) is 50.2 Å². The van der Waals surface area contributed by atoms with Gasteiger partial charge in [0.05, 0.1) is 12.1 Å². The minimum Gasteiger partial charge on any atom is -0.458 e. The molecule has 0 saturated heterocycles. The Kier molecular flexibility index (Phi) is 7.11. The van der Waals surface area contributed by atoms with Gasteiger partial charge in [-0.1, -0.05) is 75.0 Å². The Morgan fingerprint density at radius 2 is 1.84 bits per heavy atom. The SMILES string of the molecule is C=CCOC(=O)C1=C(C)N(Cc2ccccc2C)C(=O)CC1c1ccc(C(C)C)cc1. The van der Waals surface area contributed by atoms with Crippen LogP contribution in [0.5, 0.6) is 0 Å². The average molecular weight is 418 g/mol. The van der Waals surface area contributed by atoms with Crippen molar-refractivity contribution >= 4 is 11.9 Å². The molecule has 4 nitrogen and oxygen atoms in total. The number of benzene rings is 2. The molecule has 0 N–H and O–H groups in total. The number of esters is 1. The summed E-state index contributed by atoms with van der Waals surface area (Å²) in [5, 5.41) is 0. The number of hydrogen-bond donors (Lipinski definition) is 0. The number of ether oxygens (including phenoxy) is 1. The van der Waals surface area contributed by atoms with Crippen molar-refractivity contribution in [3.8, 4) is 0 Å².